The highest BCUT2D eigenvalue weighted by Gasteiger charge is 2.41. The molecule has 0 aromatic heterocycles. The highest BCUT2D eigenvalue weighted by Crippen LogP contribution is 2.48. The second kappa shape index (κ2) is 9.93. The van der Waals surface area contributed by atoms with Crippen molar-refractivity contribution in [3.8, 4) is 17.2 Å². The van der Waals surface area contributed by atoms with E-state index in [1.807, 2.05) is 65.4 Å². The molecule has 1 unspecified atom stereocenters. The number of hydrogen-bond donors (Lipinski definition) is 1. The first-order valence-electron chi connectivity index (χ1n) is 11.7. The van der Waals surface area contributed by atoms with Gasteiger partial charge in [0.25, 0.3) is 10.0 Å². The predicted molar refractivity (Wildman–Crippen MR) is 135 cm³/mol. The number of sulfonamides is 1. The molecule has 3 atom stereocenters. The lowest BCUT2D eigenvalue weighted by atomic mass is 9.90. The lowest BCUT2D eigenvalue weighted by molar-refractivity contribution is -0.274. The van der Waals surface area contributed by atoms with Gasteiger partial charge in [-0.1, -0.05) is 24.3 Å². The molecule has 1 fully saturated rings. The van der Waals surface area contributed by atoms with Crippen LogP contribution in [0, 0.1) is 5.92 Å². The van der Waals surface area contributed by atoms with Gasteiger partial charge in [-0.3, -0.25) is 0 Å². The molecule has 0 saturated carbocycles. The maximum absolute atomic E-state index is 12.8. The van der Waals surface area contributed by atoms with Gasteiger partial charge in [-0.15, -0.1) is 13.2 Å². The molecule has 200 valence electrons. The maximum Gasteiger partial charge on any atom is 0.573 e. The number of fused-ring (bicyclic) bond motifs is 2. The SMILES string of the molecule is CN1CC(/C=N\S(=O)(=O)c2ccc(OC(F)(F)F)cc2)[C@H](O)[C@@H](N2c3ccccc3Oc3ccccc32)C1. The zero-order valence-corrected chi connectivity index (χ0v) is 20.9. The van der Waals surface area contributed by atoms with E-state index in [9.17, 15) is 26.7 Å². The fraction of sp³-hybridized carbons (Fsp3) is 0.269. The van der Waals surface area contributed by atoms with E-state index in [2.05, 4.69) is 9.13 Å². The molecule has 0 amide bonds. The zero-order chi connectivity index (χ0) is 27.1. The quantitative estimate of drug-likeness (QED) is 0.468. The van der Waals surface area contributed by atoms with Gasteiger partial charge in [0.05, 0.1) is 28.4 Å². The van der Waals surface area contributed by atoms with Crippen LogP contribution in [-0.4, -0.2) is 63.3 Å². The number of benzene rings is 3. The Kier molecular flexibility index (Phi) is 6.80. The number of piperidine rings is 1. The van der Waals surface area contributed by atoms with E-state index < -0.39 is 40.2 Å². The van der Waals surface area contributed by atoms with E-state index in [1.54, 1.807) is 0 Å². The van der Waals surface area contributed by atoms with Gasteiger partial charge >= 0.3 is 6.36 Å². The zero-order valence-electron chi connectivity index (χ0n) is 20.1. The van der Waals surface area contributed by atoms with Gasteiger partial charge in [0.2, 0.25) is 0 Å². The molecule has 1 saturated heterocycles. The van der Waals surface area contributed by atoms with E-state index in [-0.39, 0.29) is 4.90 Å². The summed E-state index contributed by atoms with van der Waals surface area (Å²) in [7, 11) is -2.36. The molecule has 8 nitrogen and oxygen atoms in total. The molecule has 0 bridgehead atoms. The van der Waals surface area contributed by atoms with Gasteiger partial charge in [0, 0.05) is 25.2 Å². The summed E-state index contributed by atoms with van der Waals surface area (Å²) in [5.41, 5.74) is 1.55. The molecule has 0 radical (unpaired) electrons. The van der Waals surface area contributed by atoms with E-state index >= 15 is 0 Å². The van der Waals surface area contributed by atoms with Crippen molar-refractivity contribution in [3.05, 3.63) is 72.8 Å². The van der Waals surface area contributed by atoms with Crippen LogP contribution in [-0.2, 0) is 10.0 Å². The number of ether oxygens (including phenoxy) is 2. The first-order valence-corrected chi connectivity index (χ1v) is 13.1. The number of aliphatic hydroxyl groups is 1. The summed E-state index contributed by atoms with van der Waals surface area (Å²) in [5.74, 6) is 0.0805. The van der Waals surface area contributed by atoms with Crippen LogP contribution in [0.15, 0.2) is 82.1 Å². The van der Waals surface area contributed by atoms with Crippen LogP contribution in [0.3, 0.4) is 0 Å². The number of para-hydroxylation sites is 4. The summed E-state index contributed by atoms with van der Waals surface area (Å²) < 4.78 is 76.4. The van der Waals surface area contributed by atoms with Crippen molar-refractivity contribution in [2.75, 3.05) is 25.0 Å². The Morgan fingerprint density at radius 3 is 2.13 bits per heavy atom. The number of anilines is 2. The number of aliphatic hydroxyl groups excluding tert-OH is 1. The van der Waals surface area contributed by atoms with E-state index in [0.29, 0.717) is 24.6 Å². The van der Waals surface area contributed by atoms with Crippen molar-refractivity contribution in [1.82, 2.24) is 4.90 Å². The van der Waals surface area contributed by atoms with Crippen LogP contribution >= 0.6 is 0 Å². The Labute approximate surface area is 217 Å². The van der Waals surface area contributed by atoms with Crippen molar-refractivity contribution in [2.24, 2.45) is 10.3 Å². The van der Waals surface area contributed by atoms with Crippen LogP contribution < -0.4 is 14.4 Å². The topological polar surface area (TPSA) is 91.7 Å². The third-order valence-corrected chi connectivity index (χ3v) is 7.67. The highest BCUT2D eigenvalue weighted by atomic mass is 32.2. The van der Waals surface area contributed by atoms with Crippen LogP contribution in [0.5, 0.6) is 17.2 Å². The molecular weight excluding hydrogens is 523 g/mol. The molecule has 0 spiro atoms. The fourth-order valence-electron chi connectivity index (χ4n) is 4.75. The number of nitrogens with zero attached hydrogens (tertiary/aromatic N) is 3. The first-order chi connectivity index (χ1) is 18.0. The molecule has 12 heteroatoms. The van der Waals surface area contributed by atoms with Crippen molar-refractivity contribution in [2.45, 2.75) is 23.4 Å². The number of alkyl halides is 3. The minimum atomic E-state index is -4.89. The van der Waals surface area contributed by atoms with Crippen molar-refractivity contribution >= 4 is 27.6 Å². The van der Waals surface area contributed by atoms with E-state index in [0.717, 1.165) is 35.6 Å². The second-order valence-corrected chi connectivity index (χ2v) is 10.7. The Morgan fingerprint density at radius 1 is 0.974 bits per heavy atom. The molecule has 38 heavy (non-hydrogen) atoms. The first kappa shape index (κ1) is 26.0. The lowest BCUT2D eigenvalue weighted by Crippen LogP contribution is -2.58. The molecule has 3 aromatic rings. The van der Waals surface area contributed by atoms with Gasteiger partial charge in [0.15, 0.2) is 11.5 Å². The Bertz CT molecular complexity index is 1400. The van der Waals surface area contributed by atoms with Crippen LogP contribution in [0.2, 0.25) is 0 Å². The van der Waals surface area contributed by atoms with Crippen LogP contribution in [0.4, 0.5) is 24.5 Å². The van der Waals surface area contributed by atoms with Gasteiger partial charge in [-0.05, 0) is 55.6 Å². The third-order valence-electron chi connectivity index (χ3n) is 6.40. The maximum atomic E-state index is 12.8. The van der Waals surface area contributed by atoms with Gasteiger partial charge in [0.1, 0.15) is 5.75 Å². The summed E-state index contributed by atoms with van der Waals surface area (Å²) in [5, 5.41) is 11.4. The average molecular weight is 548 g/mol. The van der Waals surface area contributed by atoms with Gasteiger partial charge < -0.3 is 24.4 Å². The minimum Gasteiger partial charge on any atom is -0.453 e. The van der Waals surface area contributed by atoms with E-state index in [4.69, 9.17) is 4.74 Å². The van der Waals surface area contributed by atoms with Gasteiger partial charge in [-0.25, -0.2) is 0 Å². The predicted octanol–water partition coefficient (Wildman–Crippen LogP) is 4.58. The Morgan fingerprint density at radius 2 is 1.55 bits per heavy atom. The summed E-state index contributed by atoms with van der Waals surface area (Å²) >= 11 is 0. The minimum absolute atomic E-state index is 0.297. The summed E-state index contributed by atoms with van der Waals surface area (Å²) in [4.78, 5) is 3.68. The standard InChI is InChI=1S/C26H24F3N3O5S/c1-31-15-17(14-30-38(34,35)19-12-10-18(11-13-19)37-26(27,28)29)25(33)22(16-31)32-20-6-2-4-8-23(20)36-24-9-5-3-7-21(24)32/h2-14,17,22,25,33H,15-16H2,1H3/b30-14-/t17?,22-,25-/m0/s1. The molecule has 3 aromatic carbocycles. The Balaban J connectivity index is 1.41. The number of halogens is 3. The smallest absolute Gasteiger partial charge is 0.453 e. The number of likely N-dealkylation sites (N-methyl/N-ethyl adjacent to an activating group) is 1. The lowest BCUT2D eigenvalue weighted by Gasteiger charge is -2.46. The number of rotatable bonds is 5. The summed E-state index contributed by atoms with van der Waals surface area (Å²) in [6.45, 7) is 0.838. The van der Waals surface area contributed by atoms with Crippen LogP contribution in [0.25, 0.3) is 0 Å². The molecule has 5 rings (SSSR count). The average Bonchev–Trinajstić information content (AvgIpc) is 2.87. The van der Waals surface area contributed by atoms with E-state index in [1.165, 1.54) is 6.21 Å². The van der Waals surface area contributed by atoms with Gasteiger partial charge in [-0.2, -0.15) is 12.8 Å². The molecule has 0 aliphatic carbocycles. The molecular formula is C26H24F3N3O5S. The molecule has 2 heterocycles. The second-order valence-electron chi connectivity index (χ2n) is 9.10. The molecule has 2 aliphatic heterocycles. The highest BCUT2D eigenvalue weighted by molar-refractivity contribution is 7.90. The number of likely N-dealkylation sites (tertiary alicyclic amines) is 1. The molecule has 2 aliphatic rings. The van der Waals surface area contributed by atoms with Crippen molar-refractivity contribution in [1.29, 1.82) is 0 Å². The van der Waals surface area contributed by atoms with Crippen molar-refractivity contribution < 1.29 is 36.2 Å². The summed E-state index contributed by atoms with van der Waals surface area (Å²) in [6.07, 6.45) is -4.69. The summed E-state index contributed by atoms with van der Waals surface area (Å²) in [6, 6.07) is 18.3. The third kappa shape index (κ3) is 5.33. The molecule has 1 N–H and O–H groups in total. The Hall–Kier alpha value is -3.61. The van der Waals surface area contributed by atoms with Crippen molar-refractivity contribution in [3.63, 3.8) is 0 Å². The monoisotopic (exact) mass is 547 g/mol. The fourth-order valence-corrected chi connectivity index (χ4v) is 5.67. The number of hydrogen-bond acceptors (Lipinski definition) is 7. The largest absolute Gasteiger partial charge is 0.573 e. The normalized spacial score (nSPS) is 22.0. The van der Waals surface area contributed by atoms with Crippen LogP contribution in [0.1, 0.15) is 0 Å².